The summed E-state index contributed by atoms with van der Waals surface area (Å²) in [6.07, 6.45) is 1.68. The summed E-state index contributed by atoms with van der Waals surface area (Å²) in [6.45, 7) is 4.94. The Morgan fingerprint density at radius 2 is 1.59 bits per heavy atom. The molecular formula is C28H23IN2O3. The van der Waals surface area contributed by atoms with Gasteiger partial charge in [0, 0.05) is 17.3 Å². The van der Waals surface area contributed by atoms with Gasteiger partial charge in [0.05, 0.1) is 16.8 Å². The third-order valence-electron chi connectivity index (χ3n) is 5.05. The van der Waals surface area contributed by atoms with Crippen LogP contribution >= 0.6 is 22.6 Å². The van der Waals surface area contributed by atoms with Crippen LogP contribution in [0, 0.1) is 14.9 Å². The molecule has 0 atom stereocenters. The van der Waals surface area contributed by atoms with Crippen molar-refractivity contribution in [1.82, 2.24) is 0 Å². The normalized spacial score (nSPS) is 10.9. The highest BCUT2D eigenvalue weighted by atomic mass is 127. The summed E-state index contributed by atoms with van der Waals surface area (Å²) in [5.41, 5.74) is 3.73. The molecule has 1 heterocycles. The molecule has 5 nitrogen and oxygen atoms in total. The maximum absolute atomic E-state index is 10.1. The average molecular weight is 562 g/mol. The fourth-order valence-electron chi connectivity index (χ4n) is 3.63. The third kappa shape index (κ3) is 5.00. The van der Waals surface area contributed by atoms with E-state index in [0.29, 0.717) is 30.3 Å². The van der Waals surface area contributed by atoms with Crippen LogP contribution in [0.5, 0.6) is 11.5 Å². The Balaban J connectivity index is 1.82. The molecule has 0 radical (unpaired) electrons. The second kappa shape index (κ2) is 11.0. The highest BCUT2D eigenvalue weighted by Crippen LogP contribution is 2.42. The molecule has 6 heteroatoms. The number of benzene rings is 3. The van der Waals surface area contributed by atoms with Gasteiger partial charge in [-0.1, -0.05) is 60.7 Å². The molecule has 0 saturated heterocycles. The number of ether oxygens (including phenoxy) is 2. The molecular weight excluding hydrogens is 539 g/mol. The smallest absolute Gasteiger partial charge is 0.238 e. The SMILES string of the molecule is CCOc1cc(C=Nc2oc(-c3ccccc3)c(-c3ccccc3)c2C#N)cc(I)c1OCC. The van der Waals surface area contributed by atoms with Gasteiger partial charge in [0.2, 0.25) is 5.88 Å². The first kappa shape index (κ1) is 23.6. The molecule has 0 amide bonds. The quantitative estimate of drug-likeness (QED) is 0.164. The number of hydrogen-bond acceptors (Lipinski definition) is 5. The van der Waals surface area contributed by atoms with E-state index in [9.17, 15) is 5.26 Å². The summed E-state index contributed by atoms with van der Waals surface area (Å²) in [7, 11) is 0. The van der Waals surface area contributed by atoms with Crippen molar-refractivity contribution in [3.8, 4) is 40.0 Å². The van der Waals surface area contributed by atoms with Gasteiger partial charge in [-0.25, -0.2) is 4.99 Å². The lowest BCUT2D eigenvalue weighted by Gasteiger charge is -2.13. The highest BCUT2D eigenvalue weighted by Gasteiger charge is 2.22. The lowest BCUT2D eigenvalue weighted by Crippen LogP contribution is -2.01. The highest BCUT2D eigenvalue weighted by molar-refractivity contribution is 14.1. The predicted molar refractivity (Wildman–Crippen MR) is 143 cm³/mol. The summed E-state index contributed by atoms with van der Waals surface area (Å²) in [5.74, 6) is 2.26. The number of hydrogen-bond donors (Lipinski definition) is 0. The zero-order valence-corrected chi connectivity index (χ0v) is 21.1. The Kier molecular flexibility index (Phi) is 7.65. The van der Waals surface area contributed by atoms with E-state index >= 15 is 0 Å². The summed E-state index contributed by atoms with van der Waals surface area (Å²) >= 11 is 2.23. The van der Waals surface area contributed by atoms with Crippen LogP contribution in [0.4, 0.5) is 5.88 Å². The van der Waals surface area contributed by atoms with Crippen molar-refractivity contribution < 1.29 is 13.9 Å². The minimum atomic E-state index is 0.266. The summed E-state index contributed by atoms with van der Waals surface area (Å²) in [5, 5.41) is 10.1. The van der Waals surface area contributed by atoms with Crippen molar-refractivity contribution in [3.05, 3.63) is 87.5 Å². The van der Waals surface area contributed by atoms with Crippen LogP contribution in [0.25, 0.3) is 22.5 Å². The number of rotatable bonds is 8. The molecule has 4 rings (SSSR count). The number of halogens is 1. The Morgan fingerprint density at radius 1 is 0.941 bits per heavy atom. The van der Waals surface area contributed by atoms with Crippen LogP contribution in [-0.2, 0) is 0 Å². The molecule has 0 spiro atoms. The second-order valence-corrected chi connectivity index (χ2v) is 8.45. The maximum atomic E-state index is 10.1. The van der Waals surface area contributed by atoms with Gasteiger partial charge in [0.15, 0.2) is 11.5 Å². The molecule has 0 aliphatic heterocycles. The van der Waals surface area contributed by atoms with Crippen LogP contribution in [0.2, 0.25) is 0 Å². The largest absolute Gasteiger partial charge is 0.490 e. The summed E-state index contributed by atoms with van der Waals surface area (Å²) < 4.78 is 18.6. The Morgan fingerprint density at radius 3 is 2.21 bits per heavy atom. The minimum Gasteiger partial charge on any atom is -0.490 e. The zero-order valence-electron chi connectivity index (χ0n) is 18.9. The van der Waals surface area contributed by atoms with E-state index in [0.717, 1.165) is 31.6 Å². The van der Waals surface area contributed by atoms with E-state index in [-0.39, 0.29) is 5.88 Å². The summed E-state index contributed by atoms with van der Waals surface area (Å²) in [4.78, 5) is 4.58. The first-order valence-electron chi connectivity index (χ1n) is 11.0. The monoisotopic (exact) mass is 562 g/mol. The fraction of sp³-hybridized carbons (Fsp3) is 0.143. The van der Waals surface area contributed by atoms with Gasteiger partial charge in [0.25, 0.3) is 0 Å². The first-order valence-corrected chi connectivity index (χ1v) is 12.0. The number of furan rings is 1. The van der Waals surface area contributed by atoms with Crippen LogP contribution in [0.1, 0.15) is 25.0 Å². The van der Waals surface area contributed by atoms with E-state index in [4.69, 9.17) is 13.9 Å². The molecule has 0 unspecified atom stereocenters. The number of aliphatic imine (C=N–C) groups is 1. The lowest BCUT2D eigenvalue weighted by molar-refractivity contribution is 0.286. The van der Waals surface area contributed by atoms with Crippen LogP contribution in [-0.4, -0.2) is 19.4 Å². The van der Waals surface area contributed by atoms with Crippen LogP contribution in [0.3, 0.4) is 0 Å². The fourth-order valence-corrected chi connectivity index (χ4v) is 4.41. The molecule has 0 N–H and O–H groups in total. The van der Waals surface area contributed by atoms with Crippen LogP contribution < -0.4 is 9.47 Å². The average Bonchev–Trinajstić information content (AvgIpc) is 3.24. The number of nitrogens with zero attached hydrogens (tertiary/aromatic N) is 2. The Labute approximate surface area is 212 Å². The first-order chi connectivity index (χ1) is 16.7. The molecule has 0 aliphatic carbocycles. The van der Waals surface area contributed by atoms with Gasteiger partial charge >= 0.3 is 0 Å². The van der Waals surface area contributed by atoms with Gasteiger partial charge in [-0.3, -0.25) is 0 Å². The predicted octanol–water partition coefficient (Wildman–Crippen LogP) is 7.64. The van der Waals surface area contributed by atoms with Crippen molar-refractivity contribution >= 4 is 34.7 Å². The van der Waals surface area contributed by atoms with Crippen LogP contribution in [0.15, 0.2) is 82.2 Å². The molecule has 34 heavy (non-hydrogen) atoms. The number of nitriles is 1. The van der Waals surface area contributed by atoms with E-state index in [2.05, 4.69) is 33.7 Å². The standard InChI is InChI=1S/C28H23IN2O3/c1-3-32-24-16-19(15-23(29)27(24)33-4-2)18-31-28-22(17-30)25(20-11-7-5-8-12-20)26(34-28)21-13-9-6-10-14-21/h5-16,18H,3-4H2,1-2H3. The van der Waals surface area contributed by atoms with Crippen molar-refractivity contribution in [2.75, 3.05) is 13.2 Å². The Hall–Kier alpha value is -3.57. The van der Waals surface area contributed by atoms with Crippen molar-refractivity contribution in [1.29, 1.82) is 5.26 Å². The molecule has 4 aromatic rings. The topological polar surface area (TPSA) is 67.8 Å². The van der Waals surface area contributed by atoms with Crippen molar-refractivity contribution in [2.24, 2.45) is 4.99 Å². The molecule has 0 aliphatic rings. The van der Waals surface area contributed by atoms with Crippen molar-refractivity contribution in [2.45, 2.75) is 13.8 Å². The van der Waals surface area contributed by atoms with Gasteiger partial charge in [0.1, 0.15) is 17.4 Å². The molecule has 0 saturated carbocycles. The van der Waals surface area contributed by atoms with Crippen molar-refractivity contribution in [3.63, 3.8) is 0 Å². The lowest BCUT2D eigenvalue weighted by atomic mass is 9.98. The second-order valence-electron chi connectivity index (χ2n) is 7.28. The molecule has 1 aromatic heterocycles. The van der Waals surface area contributed by atoms with E-state index in [1.54, 1.807) is 6.21 Å². The maximum Gasteiger partial charge on any atom is 0.238 e. The molecule has 170 valence electrons. The van der Waals surface area contributed by atoms with Gasteiger partial charge < -0.3 is 13.9 Å². The third-order valence-corrected chi connectivity index (χ3v) is 5.85. The molecule has 3 aromatic carbocycles. The van der Waals surface area contributed by atoms with Gasteiger partial charge in [-0.15, -0.1) is 0 Å². The van der Waals surface area contributed by atoms with E-state index < -0.39 is 0 Å². The van der Waals surface area contributed by atoms with E-state index in [1.165, 1.54) is 0 Å². The van der Waals surface area contributed by atoms with Gasteiger partial charge in [-0.05, 0) is 59.7 Å². The molecule has 0 fully saturated rings. The molecule has 0 bridgehead atoms. The minimum absolute atomic E-state index is 0.266. The summed E-state index contributed by atoms with van der Waals surface area (Å²) in [6, 6.07) is 25.7. The van der Waals surface area contributed by atoms with Gasteiger partial charge in [-0.2, -0.15) is 5.26 Å². The zero-order chi connectivity index (χ0) is 23.9. The van der Waals surface area contributed by atoms with E-state index in [1.807, 2.05) is 86.6 Å². The Bertz CT molecular complexity index is 1340.